The van der Waals surface area contributed by atoms with Crippen molar-refractivity contribution in [1.29, 1.82) is 0 Å². The van der Waals surface area contributed by atoms with Crippen LogP contribution >= 0.6 is 23.2 Å². The quantitative estimate of drug-likeness (QED) is 0.325. The fourth-order valence-electron chi connectivity index (χ4n) is 5.04. The molecule has 0 radical (unpaired) electrons. The van der Waals surface area contributed by atoms with Gasteiger partial charge in [-0.2, -0.15) is 0 Å². The van der Waals surface area contributed by atoms with E-state index in [9.17, 15) is 13.2 Å². The van der Waals surface area contributed by atoms with E-state index in [2.05, 4.69) is 4.72 Å². The van der Waals surface area contributed by atoms with Crippen LogP contribution in [-0.2, 0) is 14.8 Å². The number of benzene rings is 3. The minimum absolute atomic E-state index is 0.0340. The number of halogens is 2. The summed E-state index contributed by atoms with van der Waals surface area (Å²) in [6.07, 6.45) is 4.93. The van der Waals surface area contributed by atoms with Gasteiger partial charge in [0.25, 0.3) is 10.0 Å². The van der Waals surface area contributed by atoms with E-state index in [1.165, 1.54) is 31.0 Å². The van der Waals surface area contributed by atoms with Crippen molar-refractivity contribution < 1.29 is 22.7 Å². The van der Waals surface area contributed by atoms with Crippen molar-refractivity contribution in [2.45, 2.75) is 49.0 Å². The Balaban J connectivity index is 1.34. The molecule has 0 bridgehead atoms. The van der Waals surface area contributed by atoms with Gasteiger partial charge in [0.1, 0.15) is 0 Å². The van der Waals surface area contributed by atoms with Gasteiger partial charge in [-0.3, -0.25) is 9.52 Å². The van der Waals surface area contributed by atoms with E-state index in [1.807, 2.05) is 18.2 Å². The van der Waals surface area contributed by atoms with Crippen LogP contribution in [0.25, 0.3) is 0 Å². The minimum atomic E-state index is -3.94. The molecule has 1 heterocycles. The zero-order valence-electron chi connectivity index (χ0n) is 20.8. The van der Waals surface area contributed by atoms with E-state index in [4.69, 9.17) is 32.7 Å². The predicted molar refractivity (Wildman–Crippen MR) is 149 cm³/mol. The van der Waals surface area contributed by atoms with E-state index in [1.54, 1.807) is 36.3 Å². The van der Waals surface area contributed by atoms with Gasteiger partial charge in [-0.1, -0.05) is 35.3 Å². The van der Waals surface area contributed by atoms with E-state index in [-0.39, 0.29) is 32.9 Å². The Morgan fingerprint density at radius 2 is 1.68 bits per heavy atom. The summed E-state index contributed by atoms with van der Waals surface area (Å²) in [7, 11) is -2.31. The van der Waals surface area contributed by atoms with E-state index >= 15 is 0 Å². The molecule has 5 rings (SSSR count). The average molecular weight is 576 g/mol. The Hall–Kier alpha value is -2.94. The van der Waals surface area contributed by atoms with E-state index < -0.39 is 10.0 Å². The summed E-state index contributed by atoms with van der Waals surface area (Å²) in [5.74, 6) is 1.32. The molecule has 1 unspecified atom stereocenters. The van der Waals surface area contributed by atoms with E-state index in [0.29, 0.717) is 35.8 Å². The van der Waals surface area contributed by atoms with Gasteiger partial charge in [-0.15, -0.1) is 0 Å². The summed E-state index contributed by atoms with van der Waals surface area (Å²) < 4.78 is 40.1. The fraction of sp³-hybridized carbons (Fsp3) is 0.321. The first-order valence-electron chi connectivity index (χ1n) is 12.5. The average Bonchev–Trinajstić information content (AvgIpc) is 3.53. The molecule has 1 amide bonds. The smallest absolute Gasteiger partial charge is 0.261 e. The molecule has 1 aliphatic heterocycles. The van der Waals surface area contributed by atoms with Gasteiger partial charge in [-0.05, 0) is 79.8 Å². The first-order valence-corrected chi connectivity index (χ1v) is 14.7. The summed E-state index contributed by atoms with van der Waals surface area (Å²) in [6, 6.07) is 16.7. The minimum Gasteiger partial charge on any atom is -0.493 e. The summed E-state index contributed by atoms with van der Waals surface area (Å²) in [5, 5.41) is 0.436. The number of carbonyl (C=O) groups is 1. The van der Waals surface area contributed by atoms with Crippen LogP contribution in [0, 0.1) is 0 Å². The maximum atomic E-state index is 13.0. The standard InChI is InChI=1S/C28H28Cl2N2O5S/c1-36-26-10-9-18(11-27(26)37-24-7-2-3-8-24)19-12-28(33)32(17-19)23-6-4-5-22(16-23)31-38(34,35)25-14-20(29)13-21(30)15-25/h4-6,9-11,13-16,19,24,31H,2-3,7-8,12,17H2,1H3. The van der Waals surface area contributed by atoms with Crippen LogP contribution in [0.3, 0.4) is 0 Å². The van der Waals surface area contributed by atoms with Crippen molar-refractivity contribution in [3.63, 3.8) is 0 Å². The SMILES string of the molecule is COc1ccc(C2CC(=O)N(c3cccc(NS(=O)(=O)c4cc(Cl)cc(Cl)c4)c3)C2)cc1OC1CCCC1. The number of hydrogen-bond donors (Lipinski definition) is 1. The molecule has 2 fully saturated rings. The lowest BCUT2D eigenvalue weighted by Crippen LogP contribution is -2.24. The third-order valence-electron chi connectivity index (χ3n) is 6.94. The number of nitrogens with one attached hydrogen (secondary N) is 1. The first-order chi connectivity index (χ1) is 18.2. The highest BCUT2D eigenvalue weighted by molar-refractivity contribution is 7.92. The van der Waals surface area contributed by atoms with Crippen LogP contribution in [0.2, 0.25) is 10.0 Å². The molecule has 10 heteroatoms. The number of hydrogen-bond acceptors (Lipinski definition) is 5. The molecular formula is C28H28Cl2N2O5S. The second kappa shape index (κ2) is 11.0. The Morgan fingerprint density at radius 1 is 0.947 bits per heavy atom. The predicted octanol–water partition coefficient (Wildman–Crippen LogP) is 6.64. The number of amides is 1. The summed E-state index contributed by atoms with van der Waals surface area (Å²) in [6.45, 7) is 0.466. The normalized spacial score (nSPS) is 18.1. The Morgan fingerprint density at radius 3 is 2.39 bits per heavy atom. The molecule has 1 N–H and O–H groups in total. The van der Waals surface area contributed by atoms with Crippen LogP contribution in [0.5, 0.6) is 11.5 Å². The molecule has 1 aliphatic carbocycles. The molecule has 2 aliphatic rings. The molecule has 3 aromatic rings. The Kier molecular flexibility index (Phi) is 7.75. The largest absolute Gasteiger partial charge is 0.493 e. The Bertz CT molecular complexity index is 1440. The molecule has 1 saturated heterocycles. The highest BCUT2D eigenvalue weighted by Gasteiger charge is 2.32. The van der Waals surface area contributed by atoms with Crippen LogP contribution < -0.4 is 19.1 Å². The number of sulfonamides is 1. The van der Waals surface area contributed by atoms with Crippen molar-refractivity contribution in [2.75, 3.05) is 23.3 Å². The molecular weight excluding hydrogens is 547 g/mol. The van der Waals surface area contributed by atoms with Crippen molar-refractivity contribution in [3.05, 3.63) is 76.3 Å². The van der Waals surface area contributed by atoms with Crippen LogP contribution in [-0.4, -0.2) is 34.1 Å². The number of nitrogens with zero attached hydrogens (tertiary/aromatic N) is 1. The highest BCUT2D eigenvalue weighted by atomic mass is 35.5. The monoisotopic (exact) mass is 574 g/mol. The van der Waals surface area contributed by atoms with Crippen molar-refractivity contribution in [2.24, 2.45) is 0 Å². The van der Waals surface area contributed by atoms with Crippen molar-refractivity contribution in [3.8, 4) is 11.5 Å². The van der Waals surface area contributed by atoms with Gasteiger partial charge in [-0.25, -0.2) is 8.42 Å². The third-order valence-corrected chi connectivity index (χ3v) is 8.73. The maximum absolute atomic E-state index is 13.0. The number of anilines is 2. The highest BCUT2D eigenvalue weighted by Crippen LogP contribution is 2.38. The lowest BCUT2D eigenvalue weighted by molar-refractivity contribution is -0.117. The van der Waals surface area contributed by atoms with Crippen LogP contribution in [0.4, 0.5) is 11.4 Å². The van der Waals surface area contributed by atoms with Gasteiger partial charge in [0, 0.05) is 34.6 Å². The second-order valence-corrected chi connectivity index (χ2v) is 12.2. The number of rotatable bonds is 8. The van der Waals surface area contributed by atoms with Gasteiger partial charge >= 0.3 is 0 Å². The van der Waals surface area contributed by atoms with Crippen LogP contribution in [0.15, 0.2) is 65.6 Å². The molecule has 7 nitrogen and oxygen atoms in total. The molecule has 0 spiro atoms. The zero-order valence-corrected chi connectivity index (χ0v) is 23.2. The van der Waals surface area contributed by atoms with Gasteiger partial charge < -0.3 is 14.4 Å². The number of methoxy groups -OCH3 is 1. The van der Waals surface area contributed by atoms with Crippen molar-refractivity contribution >= 4 is 50.5 Å². The molecule has 1 saturated carbocycles. The third kappa shape index (κ3) is 5.87. The topological polar surface area (TPSA) is 84.9 Å². The zero-order chi connectivity index (χ0) is 26.9. The summed E-state index contributed by atoms with van der Waals surface area (Å²) in [5.41, 5.74) is 1.94. The van der Waals surface area contributed by atoms with Gasteiger partial charge in [0.05, 0.1) is 23.8 Å². The Labute approximate surface area is 232 Å². The first kappa shape index (κ1) is 26.7. The van der Waals surface area contributed by atoms with E-state index in [0.717, 1.165) is 18.4 Å². The molecule has 1 atom stereocenters. The number of carbonyl (C=O) groups excluding carboxylic acids is 1. The molecule has 38 heavy (non-hydrogen) atoms. The lowest BCUT2D eigenvalue weighted by Gasteiger charge is -2.20. The number of ether oxygens (including phenoxy) is 2. The van der Waals surface area contributed by atoms with Gasteiger partial charge in [0.2, 0.25) is 5.91 Å². The van der Waals surface area contributed by atoms with Crippen molar-refractivity contribution in [1.82, 2.24) is 0 Å². The second-order valence-electron chi connectivity index (χ2n) is 9.60. The lowest BCUT2D eigenvalue weighted by atomic mass is 9.98. The maximum Gasteiger partial charge on any atom is 0.261 e. The molecule has 0 aromatic heterocycles. The van der Waals surface area contributed by atoms with Crippen LogP contribution in [0.1, 0.15) is 43.6 Å². The molecule has 200 valence electrons. The van der Waals surface area contributed by atoms with Gasteiger partial charge in [0.15, 0.2) is 11.5 Å². The summed E-state index contributed by atoms with van der Waals surface area (Å²) in [4.78, 5) is 14.7. The summed E-state index contributed by atoms with van der Waals surface area (Å²) >= 11 is 12.0. The molecule has 3 aromatic carbocycles. The fourth-order valence-corrected chi connectivity index (χ4v) is 6.82.